The first-order valence-corrected chi connectivity index (χ1v) is 7.67. The zero-order chi connectivity index (χ0) is 14.3. The molecule has 1 unspecified atom stereocenters. The van der Waals surface area contributed by atoms with Gasteiger partial charge in [-0.05, 0) is 13.0 Å². The van der Waals surface area contributed by atoms with Gasteiger partial charge < -0.3 is 10.6 Å². The molecule has 0 fully saturated rings. The molecule has 1 aromatic carbocycles. The third-order valence-corrected chi connectivity index (χ3v) is 3.79. The Labute approximate surface area is 115 Å². The number of nitrogens with zero attached hydrogens (tertiary/aromatic N) is 1. The van der Waals surface area contributed by atoms with Crippen LogP contribution in [0.25, 0.3) is 0 Å². The van der Waals surface area contributed by atoms with Gasteiger partial charge in [0.25, 0.3) is 5.69 Å². The average Bonchev–Trinajstić information content (AvgIpc) is 2.38. The predicted octanol–water partition coefficient (Wildman–Crippen LogP) is 2.21. The first-order chi connectivity index (χ1) is 9.06. The second-order valence-corrected chi connectivity index (χ2v) is 5.78. The molecular weight excluding hydrogens is 266 g/mol. The fourth-order valence-corrected chi connectivity index (χ4v) is 2.20. The van der Waals surface area contributed by atoms with Crippen molar-refractivity contribution in [3.05, 3.63) is 28.3 Å². The van der Waals surface area contributed by atoms with Gasteiger partial charge in [0.2, 0.25) is 0 Å². The summed E-state index contributed by atoms with van der Waals surface area (Å²) in [7, 11) is -0.836. The molecule has 0 bridgehead atoms. The number of hydrogen-bond acceptors (Lipinski definition) is 5. The van der Waals surface area contributed by atoms with Crippen LogP contribution in [-0.4, -0.2) is 33.7 Å². The van der Waals surface area contributed by atoms with Crippen LogP contribution >= 0.6 is 0 Å². The van der Waals surface area contributed by atoms with Crippen LogP contribution in [0.15, 0.2) is 18.2 Å². The summed E-state index contributed by atoms with van der Waals surface area (Å²) in [5.74, 6) is 1.16. The smallest absolute Gasteiger partial charge is 0.273 e. The van der Waals surface area contributed by atoms with Crippen molar-refractivity contribution in [2.45, 2.75) is 13.8 Å². The average molecular weight is 285 g/mol. The van der Waals surface area contributed by atoms with Gasteiger partial charge in [-0.25, -0.2) is 0 Å². The number of rotatable bonds is 8. The highest BCUT2D eigenvalue weighted by molar-refractivity contribution is 7.84. The van der Waals surface area contributed by atoms with E-state index in [4.69, 9.17) is 0 Å². The second kappa shape index (κ2) is 7.73. The van der Waals surface area contributed by atoms with Crippen LogP contribution in [0.1, 0.15) is 13.8 Å². The zero-order valence-electron chi connectivity index (χ0n) is 11.1. The lowest BCUT2D eigenvalue weighted by Gasteiger charge is -2.09. The predicted molar refractivity (Wildman–Crippen MR) is 79.3 cm³/mol. The van der Waals surface area contributed by atoms with E-state index in [0.717, 1.165) is 0 Å². The lowest BCUT2D eigenvalue weighted by atomic mass is 10.2. The fourth-order valence-electron chi connectivity index (χ4n) is 1.58. The number of non-ortho nitro benzene ring substituents is 1. The maximum absolute atomic E-state index is 11.3. The van der Waals surface area contributed by atoms with Crippen molar-refractivity contribution in [3.63, 3.8) is 0 Å². The molecule has 0 aliphatic rings. The zero-order valence-corrected chi connectivity index (χ0v) is 12.0. The van der Waals surface area contributed by atoms with E-state index in [-0.39, 0.29) is 5.69 Å². The van der Waals surface area contributed by atoms with E-state index in [1.807, 2.05) is 19.9 Å². The van der Waals surface area contributed by atoms with Crippen molar-refractivity contribution in [1.82, 2.24) is 0 Å². The summed E-state index contributed by atoms with van der Waals surface area (Å²) >= 11 is 0. The molecule has 0 aromatic heterocycles. The second-order valence-electron chi connectivity index (χ2n) is 3.92. The number of hydrogen-bond donors (Lipinski definition) is 2. The first kappa shape index (κ1) is 15.4. The molecule has 1 rings (SSSR count). The molecule has 0 heterocycles. The molecule has 0 saturated carbocycles. The molecule has 6 nitrogen and oxygen atoms in total. The van der Waals surface area contributed by atoms with Gasteiger partial charge in [0, 0.05) is 58.9 Å². The van der Waals surface area contributed by atoms with Gasteiger partial charge in [-0.2, -0.15) is 0 Å². The van der Waals surface area contributed by atoms with E-state index in [0.29, 0.717) is 36.0 Å². The van der Waals surface area contributed by atoms with E-state index in [1.54, 1.807) is 0 Å². The van der Waals surface area contributed by atoms with E-state index in [9.17, 15) is 14.3 Å². The topological polar surface area (TPSA) is 84.3 Å². The number of nitrogens with one attached hydrogen (secondary N) is 2. The highest BCUT2D eigenvalue weighted by atomic mass is 32.2. The van der Waals surface area contributed by atoms with Crippen molar-refractivity contribution in [2.24, 2.45) is 0 Å². The van der Waals surface area contributed by atoms with Crippen molar-refractivity contribution in [1.29, 1.82) is 0 Å². The maximum atomic E-state index is 11.3. The first-order valence-electron chi connectivity index (χ1n) is 6.19. The molecule has 19 heavy (non-hydrogen) atoms. The Morgan fingerprint density at radius 2 is 1.84 bits per heavy atom. The minimum absolute atomic E-state index is 0.0394. The molecule has 0 amide bonds. The minimum Gasteiger partial charge on any atom is -0.385 e. The number of anilines is 2. The van der Waals surface area contributed by atoms with Crippen molar-refractivity contribution in [3.8, 4) is 0 Å². The fraction of sp³-hybridized carbons (Fsp3) is 0.500. The maximum Gasteiger partial charge on any atom is 0.273 e. The molecule has 0 radical (unpaired) electrons. The van der Waals surface area contributed by atoms with E-state index in [1.165, 1.54) is 12.1 Å². The summed E-state index contributed by atoms with van der Waals surface area (Å²) < 4.78 is 11.3. The Hall–Kier alpha value is -1.63. The molecule has 0 spiro atoms. The Morgan fingerprint density at radius 1 is 1.21 bits per heavy atom. The summed E-state index contributed by atoms with van der Waals surface area (Å²) in [6, 6.07) is 4.79. The van der Waals surface area contributed by atoms with Crippen molar-refractivity contribution >= 4 is 27.9 Å². The standard InChI is InChI=1S/C12H19N3O3S/c1-3-13-10-7-11(9-12(8-10)15(16)17)14-5-6-19(18)4-2/h7-9,13-14H,3-6H2,1-2H3. The molecule has 0 aliphatic heterocycles. The van der Waals surface area contributed by atoms with Gasteiger partial charge in [-0.15, -0.1) is 0 Å². The van der Waals surface area contributed by atoms with E-state index < -0.39 is 15.7 Å². The summed E-state index contributed by atoms with van der Waals surface area (Å²) in [6.45, 7) is 5.02. The SMILES string of the molecule is CCNc1cc(NCCS(=O)CC)cc([N+](=O)[O-])c1. The van der Waals surface area contributed by atoms with Crippen LogP contribution < -0.4 is 10.6 Å². The lowest BCUT2D eigenvalue weighted by Crippen LogP contribution is -2.12. The highest BCUT2D eigenvalue weighted by Crippen LogP contribution is 2.24. The monoisotopic (exact) mass is 285 g/mol. The van der Waals surface area contributed by atoms with Crippen LogP contribution in [-0.2, 0) is 10.8 Å². The Bertz CT molecular complexity index is 466. The quantitative estimate of drug-likeness (QED) is 0.565. The molecule has 1 aromatic rings. The Balaban J connectivity index is 2.75. The third kappa shape index (κ3) is 5.25. The van der Waals surface area contributed by atoms with Gasteiger partial charge >= 0.3 is 0 Å². The normalized spacial score (nSPS) is 11.9. The largest absolute Gasteiger partial charge is 0.385 e. The summed E-state index contributed by atoms with van der Waals surface area (Å²) in [6.07, 6.45) is 0. The Morgan fingerprint density at radius 3 is 2.37 bits per heavy atom. The van der Waals surface area contributed by atoms with Crippen LogP contribution in [0.5, 0.6) is 0 Å². The van der Waals surface area contributed by atoms with Gasteiger partial charge in [-0.3, -0.25) is 14.3 Å². The summed E-state index contributed by atoms with van der Waals surface area (Å²) in [4.78, 5) is 10.4. The molecule has 106 valence electrons. The summed E-state index contributed by atoms with van der Waals surface area (Å²) in [5, 5.41) is 17.0. The molecule has 7 heteroatoms. The summed E-state index contributed by atoms with van der Waals surface area (Å²) in [5.41, 5.74) is 1.41. The lowest BCUT2D eigenvalue weighted by molar-refractivity contribution is -0.384. The third-order valence-electron chi connectivity index (χ3n) is 2.49. The number of nitro benzene ring substituents is 1. The molecule has 0 aliphatic carbocycles. The highest BCUT2D eigenvalue weighted by Gasteiger charge is 2.09. The van der Waals surface area contributed by atoms with Crippen LogP contribution in [0.3, 0.4) is 0 Å². The molecule has 1 atom stereocenters. The van der Waals surface area contributed by atoms with Gasteiger partial charge in [0.05, 0.1) is 4.92 Å². The van der Waals surface area contributed by atoms with Gasteiger partial charge in [0.15, 0.2) is 0 Å². The van der Waals surface area contributed by atoms with Crippen LogP contribution in [0.2, 0.25) is 0 Å². The van der Waals surface area contributed by atoms with Gasteiger partial charge in [-0.1, -0.05) is 6.92 Å². The molecule has 2 N–H and O–H groups in total. The van der Waals surface area contributed by atoms with E-state index in [2.05, 4.69) is 10.6 Å². The van der Waals surface area contributed by atoms with Crippen LogP contribution in [0, 0.1) is 10.1 Å². The Kier molecular flexibility index (Phi) is 6.27. The van der Waals surface area contributed by atoms with Gasteiger partial charge in [0.1, 0.15) is 0 Å². The van der Waals surface area contributed by atoms with Crippen molar-refractivity contribution in [2.75, 3.05) is 35.2 Å². The van der Waals surface area contributed by atoms with Crippen molar-refractivity contribution < 1.29 is 9.13 Å². The number of nitro groups is 1. The van der Waals surface area contributed by atoms with Crippen LogP contribution in [0.4, 0.5) is 17.1 Å². The molecular formula is C12H19N3O3S. The molecule has 0 saturated heterocycles. The minimum atomic E-state index is -0.836. The number of benzene rings is 1. The van der Waals surface area contributed by atoms with E-state index >= 15 is 0 Å².